The largest absolute Gasteiger partial charge is 0.494 e. The predicted molar refractivity (Wildman–Crippen MR) is 103 cm³/mol. The maximum absolute atomic E-state index is 13.7. The third kappa shape index (κ3) is 4.65. The Bertz CT molecular complexity index is 1060. The van der Waals surface area contributed by atoms with Crippen molar-refractivity contribution in [2.75, 3.05) is 25.5 Å². The summed E-state index contributed by atoms with van der Waals surface area (Å²) in [6, 6.07) is 9.03. The quantitative estimate of drug-likeness (QED) is 0.557. The molecule has 3 rings (SSSR count). The molecule has 0 fully saturated rings. The van der Waals surface area contributed by atoms with Crippen LogP contribution >= 0.6 is 0 Å². The molecule has 0 amide bonds. The molecule has 10 heteroatoms. The van der Waals surface area contributed by atoms with Crippen molar-refractivity contribution in [3.8, 4) is 11.6 Å². The van der Waals surface area contributed by atoms with Gasteiger partial charge in [-0.1, -0.05) is 0 Å². The average Bonchev–Trinajstić information content (AvgIpc) is 3.19. The van der Waals surface area contributed by atoms with E-state index in [-0.39, 0.29) is 17.2 Å². The molecule has 1 aromatic carbocycles. The number of methoxy groups -OCH3 is 1. The van der Waals surface area contributed by atoms with Crippen LogP contribution in [0.3, 0.4) is 0 Å². The number of rotatable bonds is 8. The predicted octanol–water partition coefficient (Wildman–Crippen LogP) is 2.11. The maximum Gasteiger partial charge on any atom is 0.240 e. The van der Waals surface area contributed by atoms with Crippen molar-refractivity contribution in [3.05, 3.63) is 60.4 Å². The van der Waals surface area contributed by atoms with Crippen molar-refractivity contribution in [1.82, 2.24) is 19.3 Å². The molecular weight excluding hydrogens is 385 g/mol. The number of benzene rings is 1. The summed E-state index contributed by atoms with van der Waals surface area (Å²) in [5.74, 6) is 1.11. The monoisotopic (exact) mass is 405 g/mol. The van der Waals surface area contributed by atoms with Crippen molar-refractivity contribution < 1.29 is 17.5 Å². The fraction of sp³-hybridized carbons (Fsp3) is 0.222. The zero-order chi connectivity index (χ0) is 20.1. The average molecular weight is 405 g/mol. The highest BCUT2D eigenvalue weighted by atomic mass is 32.2. The van der Waals surface area contributed by atoms with E-state index in [9.17, 15) is 12.8 Å². The first-order chi connectivity index (χ1) is 13.4. The fourth-order valence-electron chi connectivity index (χ4n) is 2.54. The molecule has 0 aliphatic rings. The normalized spacial score (nSPS) is 11.4. The zero-order valence-corrected chi connectivity index (χ0v) is 16.2. The molecule has 0 aliphatic heterocycles. The number of nitrogens with zero attached hydrogens (tertiary/aromatic N) is 3. The van der Waals surface area contributed by atoms with E-state index in [1.807, 2.05) is 29.1 Å². The van der Waals surface area contributed by atoms with Gasteiger partial charge < -0.3 is 14.6 Å². The summed E-state index contributed by atoms with van der Waals surface area (Å²) in [6.45, 7) is 2.16. The number of hydrogen-bond acceptors (Lipinski definition) is 6. The number of aryl methyl sites for hydroxylation is 1. The summed E-state index contributed by atoms with van der Waals surface area (Å²) in [4.78, 5) is 8.48. The molecule has 0 atom stereocenters. The molecule has 3 aromatic rings. The highest BCUT2D eigenvalue weighted by molar-refractivity contribution is 7.89. The van der Waals surface area contributed by atoms with Gasteiger partial charge in [-0.2, -0.15) is 0 Å². The summed E-state index contributed by atoms with van der Waals surface area (Å²) >= 11 is 0. The van der Waals surface area contributed by atoms with E-state index in [0.29, 0.717) is 24.0 Å². The van der Waals surface area contributed by atoms with Gasteiger partial charge in [0.1, 0.15) is 17.5 Å². The lowest BCUT2D eigenvalue weighted by Gasteiger charge is -2.11. The fourth-order valence-corrected chi connectivity index (χ4v) is 3.58. The van der Waals surface area contributed by atoms with Gasteiger partial charge in [0.25, 0.3) is 0 Å². The Morgan fingerprint density at radius 1 is 1.14 bits per heavy atom. The highest BCUT2D eigenvalue weighted by Gasteiger charge is 2.16. The molecule has 148 valence electrons. The van der Waals surface area contributed by atoms with Gasteiger partial charge in [0, 0.05) is 31.5 Å². The molecule has 0 unspecified atom stereocenters. The SMILES string of the molecule is COc1ccc(S(=O)(=O)NCCNc2cc(-n3cccc3)nc(C)n2)cc1F. The molecule has 0 saturated heterocycles. The van der Waals surface area contributed by atoms with Gasteiger partial charge in [-0.3, -0.25) is 0 Å². The molecule has 0 spiro atoms. The first kappa shape index (κ1) is 19.8. The van der Waals surface area contributed by atoms with Crippen LogP contribution in [0.15, 0.2) is 53.7 Å². The lowest BCUT2D eigenvalue weighted by molar-refractivity contribution is 0.385. The molecule has 0 radical (unpaired) electrons. The Morgan fingerprint density at radius 2 is 1.89 bits per heavy atom. The molecule has 2 N–H and O–H groups in total. The van der Waals surface area contributed by atoms with Crippen LogP contribution < -0.4 is 14.8 Å². The molecule has 0 bridgehead atoms. The van der Waals surface area contributed by atoms with E-state index in [1.54, 1.807) is 13.0 Å². The Labute approximate surface area is 162 Å². The Morgan fingerprint density at radius 3 is 2.57 bits per heavy atom. The third-order valence-electron chi connectivity index (χ3n) is 3.85. The highest BCUT2D eigenvalue weighted by Crippen LogP contribution is 2.20. The Kier molecular flexibility index (Phi) is 5.90. The van der Waals surface area contributed by atoms with Gasteiger partial charge in [0.05, 0.1) is 12.0 Å². The molecule has 2 heterocycles. The minimum atomic E-state index is -3.84. The van der Waals surface area contributed by atoms with Gasteiger partial charge in [0.15, 0.2) is 11.6 Å². The lowest BCUT2D eigenvalue weighted by atomic mass is 10.3. The van der Waals surface area contributed by atoms with Gasteiger partial charge in [0.2, 0.25) is 10.0 Å². The van der Waals surface area contributed by atoms with Crippen molar-refractivity contribution in [2.45, 2.75) is 11.8 Å². The molecular formula is C18H20FN5O3S. The number of ether oxygens (including phenoxy) is 1. The summed E-state index contributed by atoms with van der Waals surface area (Å²) in [5.41, 5.74) is 0. The lowest BCUT2D eigenvalue weighted by Crippen LogP contribution is -2.29. The molecule has 28 heavy (non-hydrogen) atoms. The van der Waals surface area contributed by atoms with Crippen LogP contribution in [0.4, 0.5) is 10.2 Å². The van der Waals surface area contributed by atoms with Gasteiger partial charge in [-0.05, 0) is 37.3 Å². The zero-order valence-electron chi connectivity index (χ0n) is 15.4. The summed E-state index contributed by atoms with van der Waals surface area (Å²) < 4.78 is 47.4. The van der Waals surface area contributed by atoms with Gasteiger partial charge in [-0.15, -0.1) is 0 Å². The van der Waals surface area contributed by atoms with Crippen LogP contribution in [-0.4, -0.2) is 43.2 Å². The number of nitrogens with one attached hydrogen (secondary N) is 2. The van der Waals surface area contributed by atoms with E-state index in [4.69, 9.17) is 4.74 Å². The van der Waals surface area contributed by atoms with Crippen LogP contribution in [0.25, 0.3) is 5.82 Å². The first-order valence-electron chi connectivity index (χ1n) is 8.45. The van der Waals surface area contributed by atoms with E-state index < -0.39 is 15.8 Å². The van der Waals surface area contributed by atoms with Crippen molar-refractivity contribution >= 4 is 15.8 Å². The second kappa shape index (κ2) is 8.36. The smallest absolute Gasteiger partial charge is 0.240 e. The van der Waals surface area contributed by atoms with Crippen LogP contribution in [0.2, 0.25) is 0 Å². The van der Waals surface area contributed by atoms with Gasteiger partial charge >= 0.3 is 0 Å². The second-order valence-electron chi connectivity index (χ2n) is 5.87. The van der Waals surface area contributed by atoms with E-state index in [2.05, 4.69) is 20.0 Å². The number of sulfonamides is 1. The van der Waals surface area contributed by atoms with E-state index in [0.717, 1.165) is 6.07 Å². The Balaban J connectivity index is 1.60. The van der Waals surface area contributed by atoms with E-state index in [1.165, 1.54) is 19.2 Å². The molecule has 0 aliphatic carbocycles. The van der Waals surface area contributed by atoms with Crippen molar-refractivity contribution in [1.29, 1.82) is 0 Å². The topological polar surface area (TPSA) is 98.1 Å². The first-order valence-corrected chi connectivity index (χ1v) is 9.93. The van der Waals surface area contributed by atoms with E-state index >= 15 is 0 Å². The number of halogens is 1. The van der Waals surface area contributed by atoms with Crippen LogP contribution in [-0.2, 0) is 10.0 Å². The minimum absolute atomic E-state index is 0.0155. The van der Waals surface area contributed by atoms with Crippen LogP contribution in [0.1, 0.15) is 5.82 Å². The van der Waals surface area contributed by atoms with Crippen molar-refractivity contribution in [3.63, 3.8) is 0 Å². The third-order valence-corrected chi connectivity index (χ3v) is 5.31. The van der Waals surface area contributed by atoms with Crippen LogP contribution in [0, 0.1) is 12.7 Å². The summed E-state index contributed by atoms with van der Waals surface area (Å²) in [5, 5.41) is 3.06. The van der Waals surface area contributed by atoms with Crippen molar-refractivity contribution in [2.24, 2.45) is 0 Å². The molecule has 8 nitrogen and oxygen atoms in total. The standard InChI is InChI=1S/C18H20FN5O3S/c1-13-22-17(12-18(23-13)24-9-3-4-10-24)20-7-8-21-28(25,26)14-5-6-16(27-2)15(19)11-14/h3-6,9-12,21H,7-8H2,1-2H3,(H,20,22,23). The molecule has 0 saturated carbocycles. The number of anilines is 1. The number of aromatic nitrogens is 3. The second-order valence-corrected chi connectivity index (χ2v) is 7.64. The maximum atomic E-state index is 13.7. The van der Waals surface area contributed by atoms with Gasteiger partial charge in [-0.25, -0.2) is 27.5 Å². The number of hydrogen-bond donors (Lipinski definition) is 2. The summed E-state index contributed by atoms with van der Waals surface area (Å²) in [7, 11) is -2.52. The minimum Gasteiger partial charge on any atom is -0.494 e. The molecule has 2 aromatic heterocycles. The van der Waals surface area contributed by atoms with Crippen LogP contribution in [0.5, 0.6) is 5.75 Å². The summed E-state index contributed by atoms with van der Waals surface area (Å²) in [6.07, 6.45) is 3.74. The Hall–Kier alpha value is -2.98.